The third-order valence-electron chi connectivity index (χ3n) is 7.38. The second-order valence-corrected chi connectivity index (χ2v) is 10.6. The number of likely N-dealkylation sites (tertiary alicyclic amines) is 1. The van der Waals surface area contributed by atoms with E-state index in [1.807, 2.05) is 59.5 Å². The fourth-order valence-corrected chi connectivity index (χ4v) is 5.04. The van der Waals surface area contributed by atoms with Crippen molar-refractivity contribution < 1.29 is 29.0 Å². The third-order valence-corrected chi connectivity index (χ3v) is 7.38. The van der Waals surface area contributed by atoms with Gasteiger partial charge in [-0.2, -0.15) is 0 Å². The molecule has 10 nitrogen and oxygen atoms in total. The SMILES string of the molecule is CCOC(=O)CN[C@@H](CCC(=O)N1CCCCC1)C(=O)N[C@@H](Cc1ccccc1)[C@@H](O)CNCc1cccc(OC)c1. The van der Waals surface area contributed by atoms with Crippen molar-refractivity contribution >= 4 is 17.8 Å². The lowest BCUT2D eigenvalue weighted by Gasteiger charge is -2.29. The van der Waals surface area contributed by atoms with Crippen LogP contribution in [0.3, 0.4) is 0 Å². The highest BCUT2D eigenvalue weighted by Crippen LogP contribution is 2.14. The van der Waals surface area contributed by atoms with Crippen LogP contribution in [0.25, 0.3) is 0 Å². The number of nitrogens with zero attached hydrogens (tertiary/aromatic N) is 1. The highest BCUT2D eigenvalue weighted by Gasteiger charge is 2.28. The standard InChI is InChI=1S/C32H46N4O6/c1-3-42-31(39)23-34-27(15-16-30(38)36-17-8-5-9-18-36)32(40)35-28(20-24-11-6-4-7-12-24)29(37)22-33-21-25-13-10-14-26(19-25)41-2/h4,6-7,10-14,19,27-29,33-34,37H,3,5,8-9,15-18,20-23H2,1-2H3,(H,35,40)/t27-,28-,29-/m0/s1. The molecule has 4 N–H and O–H groups in total. The molecule has 0 aromatic heterocycles. The van der Waals surface area contributed by atoms with Crippen LogP contribution in [-0.2, 0) is 32.1 Å². The molecule has 1 aliphatic rings. The third kappa shape index (κ3) is 11.4. The van der Waals surface area contributed by atoms with Gasteiger partial charge in [-0.15, -0.1) is 0 Å². The molecular weight excluding hydrogens is 536 g/mol. The quantitative estimate of drug-likeness (QED) is 0.209. The van der Waals surface area contributed by atoms with Gasteiger partial charge in [-0.3, -0.25) is 19.7 Å². The molecule has 1 saturated heterocycles. The summed E-state index contributed by atoms with van der Waals surface area (Å²) in [7, 11) is 1.62. The van der Waals surface area contributed by atoms with Crippen molar-refractivity contribution in [1.29, 1.82) is 0 Å². The summed E-state index contributed by atoms with van der Waals surface area (Å²) in [6.07, 6.45) is 3.01. The summed E-state index contributed by atoms with van der Waals surface area (Å²) in [6, 6.07) is 15.9. The zero-order valence-corrected chi connectivity index (χ0v) is 24.8. The number of nitrogens with one attached hydrogen (secondary N) is 3. The van der Waals surface area contributed by atoms with Crippen molar-refractivity contribution in [2.75, 3.05) is 39.9 Å². The van der Waals surface area contributed by atoms with Crippen LogP contribution in [0.1, 0.15) is 50.2 Å². The maximum absolute atomic E-state index is 13.6. The number of hydrogen-bond acceptors (Lipinski definition) is 8. The molecule has 0 bridgehead atoms. The largest absolute Gasteiger partial charge is 0.497 e. The minimum absolute atomic E-state index is 0.00745. The lowest BCUT2D eigenvalue weighted by atomic mass is 9.99. The van der Waals surface area contributed by atoms with Crippen LogP contribution in [0, 0.1) is 0 Å². The van der Waals surface area contributed by atoms with Gasteiger partial charge in [0.15, 0.2) is 0 Å². The van der Waals surface area contributed by atoms with E-state index in [1.54, 1.807) is 14.0 Å². The van der Waals surface area contributed by atoms with E-state index in [9.17, 15) is 19.5 Å². The number of carbonyl (C=O) groups is 3. The zero-order valence-electron chi connectivity index (χ0n) is 24.8. The minimum atomic E-state index is -0.902. The van der Waals surface area contributed by atoms with E-state index >= 15 is 0 Å². The summed E-state index contributed by atoms with van der Waals surface area (Å²) in [6.45, 7) is 4.03. The average molecular weight is 583 g/mol. The monoisotopic (exact) mass is 582 g/mol. The van der Waals surface area contributed by atoms with Gasteiger partial charge in [-0.1, -0.05) is 42.5 Å². The number of amides is 2. The lowest BCUT2D eigenvalue weighted by Crippen LogP contribution is -2.54. The number of carbonyl (C=O) groups excluding carboxylic acids is 3. The summed E-state index contributed by atoms with van der Waals surface area (Å²) in [5, 5.41) is 20.4. The predicted molar refractivity (Wildman–Crippen MR) is 161 cm³/mol. The molecule has 0 aliphatic carbocycles. The molecule has 3 rings (SSSR count). The van der Waals surface area contributed by atoms with Crippen LogP contribution in [0.4, 0.5) is 0 Å². The first kappa shape index (κ1) is 33.0. The van der Waals surface area contributed by atoms with Crippen molar-refractivity contribution in [1.82, 2.24) is 20.9 Å². The van der Waals surface area contributed by atoms with Crippen LogP contribution in [0.15, 0.2) is 54.6 Å². The van der Waals surface area contributed by atoms with Gasteiger partial charge < -0.3 is 30.1 Å². The van der Waals surface area contributed by atoms with E-state index in [0.717, 1.165) is 49.2 Å². The van der Waals surface area contributed by atoms with E-state index in [0.29, 0.717) is 13.0 Å². The molecule has 42 heavy (non-hydrogen) atoms. The highest BCUT2D eigenvalue weighted by atomic mass is 16.5. The van der Waals surface area contributed by atoms with E-state index in [-0.39, 0.29) is 44.4 Å². The lowest BCUT2D eigenvalue weighted by molar-refractivity contribution is -0.142. The molecule has 3 atom stereocenters. The Kier molecular flexibility index (Phi) is 14.3. The second-order valence-electron chi connectivity index (χ2n) is 10.6. The molecule has 0 saturated carbocycles. The average Bonchev–Trinajstić information content (AvgIpc) is 3.01. The number of ether oxygens (including phenoxy) is 2. The molecule has 0 radical (unpaired) electrons. The molecule has 1 heterocycles. The van der Waals surface area contributed by atoms with Crippen molar-refractivity contribution in [3.63, 3.8) is 0 Å². The maximum Gasteiger partial charge on any atom is 0.319 e. The van der Waals surface area contributed by atoms with Crippen molar-refractivity contribution in [3.05, 3.63) is 65.7 Å². The number of esters is 1. The Morgan fingerprint density at radius 3 is 2.45 bits per heavy atom. The number of methoxy groups -OCH3 is 1. The Labute approximate surface area is 249 Å². The predicted octanol–water partition coefficient (Wildman–Crippen LogP) is 2.19. The Morgan fingerprint density at radius 1 is 1.00 bits per heavy atom. The van der Waals surface area contributed by atoms with Gasteiger partial charge in [0, 0.05) is 32.6 Å². The molecule has 230 valence electrons. The van der Waals surface area contributed by atoms with E-state index in [2.05, 4.69) is 16.0 Å². The zero-order chi connectivity index (χ0) is 30.2. The van der Waals surface area contributed by atoms with Crippen molar-refractivity contribution in [2.45, 2.75) is 70.2 Å². The molecule has 0 spiro atoms. The summed E-state index contributed by atoms with van der Waals surface area (Å²) < 4.78 is 10.3. The summed E-state index contributed by atoms with van der Waals surface area (Å²) >= 11 is 0. The maximum atomic E-state index is 13.6. The summed E-state index contributed by atoms with van der Waals surface area (Å²) in [4.78, 5) is 40.3. The van der Waals surface area contributed by atoms with E-state index in [4.69, 9.17) is 9.47 Å². The summed E-state index contributed by atoms with van der Waals surface area (Å²) in [5.74, 6) is -0.0870. The fourth-order valence-electron chi connectivity index (χ4n) is 5.04. The second kappa shape index (κ2) is 18.1. The Morgan fingerprint density at radius 2 is 1.74 bits per heavy atom. The number of aliphatic hydroxyl groups excluding tert-OH is 1. The number of benzene rings is 2. The number of hydrogen-bond donors (Lipinski definition) is 4. The molecule has 1 aliphatic heterocycles. The first-order valence-corrected chi connectivity index (χ1v) is 14.9. The molecule has 1 fully saturated rings. The number of rotatable bonds is 17. The molecular formula is C32H46N4O6. The fraction of sp³-hybridized carbons (Fsp3) is 0.531. The molecule has 10 heteroatoms. The van der Waals surface area contributed by atoms with Gasteiger partial charge in [-0.05, 0) is 62.3 Å². The van der Waals surface area contributed by atoms with Gasteiger partial charge in [-0.25, -0.2) is 0 Å². The van der Waals surface area contributed by atoms with Crippen LogP contribution in [0.5, 0.6) is 5.75 Å². The van der Waals surface area contributed by atoms with Crippen LogP contribution < -0.4 is 20.7 Å². The topological polar surface area (TPSA) is 129 Å². The smallest absolute Gasteiger partial charge is 0.319 e. The first-order valence-electron chi connectivity index (χ1n) is 14.9. The Bertz CT molecular complexity index is 1110. The summed E-state index contributed by atoms with van der Waals surface area (Å²) in [5.41, 5.74) is 1.97. The Hall–Kier alpha value is -3.47. The number of aliphatic hydroxyl groups is 1. The van der Waals surface area contributed by atoms with Gasteiger partial charge >= 0.3 is 5.97 Å². The highest BCUT2D eigenvalue weighted by molar-refractivity contribution is 5.84. The Balaban J connectivity index is 1.66. The number of piperidine rings is 1. The van der Waals surface area contributed by atoms with Crippen LogP contribution >= 0.6 is 0 Å². The molecule has 2 aromatic carbocycles. The normalized spacial score (nSPS) is 15.4. The van der Waals surface area contributed by atoms with Gasteiger partial charge in [0.05, 0.1) is 38.4 Å². The minimum Gasteiger partial charge on any atom is -0.497 e. The van der Waals surface area contributed by atoms with E-state index in [1.165, 1.54) is 0 Å². The van der Waals surface area contributed by atoms with E-state index < -0.39 is 24.2 Å². The van der Waals surface area contributed by atoms with Crippen molar-refractivity contribution in [3.8, 4) is 5.75 Å². The van der Waals surface area contributed by atoms with Crippen LogP contribution in [0.2, 0.25) is 0 Å². The van der Waals surface area contributed by atoms with Gasteiger partial charge in [0.2, 0.25) is 11.8 Å². The van der Waals surface area contributed by atoms with Crippen molar-refractivity contribution in [2.24, 2.45) is 0 Å². The molecule has 2 amide bonds. The van der Waals surface area contributed by atoms with Gasteiger partial charge in [0.25, 0.3) is 0 Å². The van der Waals surface area contributed by atoms with Gasteiger partial charge in [0.1, 0.15) is 5.75 Å². The molecule has 0 unspecified atom stereocenters. The van der Waals surface area contributed by atoms with Crippen LogP contribution in [-0.4, -0.2) is 85.9 Å². The first-order chi connectivity index (χ1) is 20.4. The molecule has 2 aromatic rings.